The Morgan fingerprint density at radius 2 is 2.09 bits per heavy atom. The number of likely N-dealkylation sites (tertiary alicyclic amines) is 1. The normalized spacial score (nSPS) is 17.0. The first kappa shape index (κ1) is 15.0. The van der Waals surface area contributed by atoms with Crippen LogP contribution in [-0.2, 0) is 6.54 Å². The highest BCUT2D eigenvalue weighted by Crippen LogP contribution is 2.16. The molecule has 0 spiro atoms. The summed E-state index contributed by atoms with van der Waals surface area (Å²) in [5, 5.41) is 10.7. The number of hydrogen-bond acceptors (Lipinski definition) is 5. The highest BCUT2D eigenvalue weighted by Gasteiger charge is 2.17. The maximum atomic E-state index is 12.5. The molecule has 118 valence electrons. The topological polar surface area (TPSA) is 67.6 Å². The van der Waals surface area contributed by atoms with Crippen molar-refractivity contribution in [1.29, 1.82) is 0 Å². The molecule has 1 saturated heterocycles. The van der Waals surface area contributed by atoms with Crippen LogP contribution in [0.15, 0.2) is 29.3 Å². The van der Waals surface area contributed by atoms with Gasteiger partial charge in [0.25, 0.3) is 5.56 Å². The van der Waals surface area contributed by atoms with Crippen LogP contribution in [0.2, 0.25) is 0 Å². The standard InChI is InChI=1S/C16H21N3O3/c1-22-13-4-5-15-14(8-13)16(21)19(11-17-15)10-12(20)9-18-6-2-3-7-18/h4-5,8,11-12,20H,2-3,6-7,9-10H2,1H3/t12-/m1/s1. The van der Waals surface area contributed by atoms with Crippen LogP contribution in [0, 0.1) is 0 Å². The van der Waals surface area contributed by atoms with E-state index in [4.69, 9.17) is 4.74 Å². The largest absolute Gasteiger partial charge is 0.497 e. The Balaban J connectivity index is 1.81. The maximum absolute atomic E-state index is 12.5. The summed E-state index contributed by atoms with van der Waals surface area (Å²) in [5.74, 6) is 0.627. The van der Waals surface area contributed by atoms with Gasteiger partial charge in [-0.1, -0.05) is 0 Å². The molecule has 2 heterocycles. The van der Waals surface area contributed by atoms with Gasteiger partial charge in [0.05, 0.1) is 37.0 Å². The number of benzene rings is 1. The quantitative estimate of drug-likeness (QED) is 0.887. The molecular weight excluding hydrogens is 282 g/mol. The van der Waals surface area contributed by atoms with Crippen LogP contribution in [0.5, 0.6) is 5.75 Å². The van der Waals surface area contributed by atoms with Crippen molar-refractivity contribution in [1.82, 2.24) is 14.5 Å². The summed E-state index contributed by atoms with van der Waals surface area (Å²) in [6.07, 6.45) is 3.30. The molecule has 3 rings (SSSR count). The van der Waals surface area contributed by atoms with Crippen LogP contribution in [0.3, 0.4) is 0 Å². The van der Waals surface area contributed by atoms with Gasteiger partial charge in [0.2, 0.25) is 0 Å². The Bertz CT molecular complexity index is 707. The SMILES string of the molecule is COc1ccc2ncn(C[C@H](O)CN3CCCC3)c(=O)c2c1. The predicted octanol–water partition coefficient (Wildman–Crippen LogP) is 0.862. The van der Waals surface area contributed by atoms with Gasteiger partial charge in [-0.05, 0) is 44.1 Å². The number of methoxy groups -OCH3 is 1. The van der Waals surface area contributed by atoms with Crippen molar-refractivity contribution in [2.24, 2.45) is 0 Å². The van der Waals surface area contributed by atoms with Crippen LogP contribution in [0.25, 0.3) is 10.9 Å². The molecule has 2 aromatic rings. The number of ether oxygens (including phenoxy) is 1. The minimum atomic E-state index is -0.569. The van der Waals surface area contributed by atoms with Gasteiger partial charge >= 0.3 is 0 Å². The smallest absolute Gasteiger partial charge is 0.261 e. The Kier molecular flexibility index (Phi) is 4.40. The highest BCUT2D eigenvalue weighted by molar-refractivity contribution is 5.78. The second kappa shape index (κ2) is 6.46. The number of hydrogen-bond donors (Lipinski definition) is 1. The Hall–Kier alpha value is -1.92. The third-order valence-corrected chi connectivity index (χ3v) is 4.11. The van der Waals surface area contributed by atoms with E-state index in [1.165, 1.54) is 23.7 Å². The third-order valence-electron chi connectivity index (χ3n) is 4.11. The second-order valence-electron chi connectivity index (χ2n) is 5.75. The molecule has 6 nitrogen and oxygen atoms in total. The van der Waals surface area contributed by atoms with Crippen molar-refractivity contribution in [3.8, 4) is 5.75 Å². The Labute approximate surface area is 129 Å². The van der Waals surface area contributed by atoms with E-state index in [0.29, 0.717) is 23.2 Å². The summed E-state index contributed by atoms with van der Waals surface area (Å²) < 4.78 is 6.63. The van der Waals surface area contributed by atoms with Gasteiger partial charge in [-0.15, -0.1) is 0 Å². The third kappa shape index (κ3) is 3.13. The van der Waals surface area contributed by atoms with E-state index >= 15 is 0 Å². The number of rotatable bonds is 5. The molecule has 1 N–H and O–H groups in total. The molecule has 1 atom stereocenters. The number of β-amino-alcohol motifs (C(OH)–C–C–N with tert-alkyl or cyclic N) is 1. The maximum Gasteiger partial charge on any atom is 0.261 e. The summed E-state index contributed by atoms with van der Waals surface area (Å²) in [6.45, 7) is 2.91. The van der Waals surface area contributed by atoms with Gasteiger partial charge in [-0.25, -0.2) is 4.98 Å². The average Bonchev–Trinajstić information content (AvgIpc) is 3.02. The fourth-order valence-corrected chi connectivity index (χ4v) is 2.94. The van der Waals surface area contributed by atoms with Crippen molar-refractivity contribution in [2.45, 2.75) is 25.5 Å². The minimum Gasteiger partial charge on any atom is -0.497 e. The second-order valence-corrected chi connectivity index (χ2v) is 5.75. The first-order chi connectivity index (χ1) is 10.7. The number of fused-ring (bicyclic) bond motifs is 1. The van der Waals surface area contributed by atoms with Gasteiger partial charge in [0.1, 0.15) is 5.75 Å². The summed E-state index contributed by atoms with van der Waals surface area (Å²) in [6, 6.07) is 5.23. The van der Waals surface area contributed by atoms with Gasteiger partial charge in [-0.2, -0.15) is 0 Å². The van der Waals surface area contributed by atoms with Crippen molar-refractivity contribution >= 4 is 10.9 Å². The summed E-state index contributed by atoms with van der Waals surface area (Å²) in [4.78, 5) is 19.0. The van der Waals surface area contributed by atoms with E-state index in [2.05, 4.69) is 9.88 Å². The first-order valence-corrected chi connectivity index (χ1v) is 7.61. The fraction of sp³-hybridized carbons (Fsp3) is 0.500. The minimum absolute atomic E-state index is 0.149. The van der Waals surface area contributed by atoms with Gasteiger partial charge in [0.15, 0.2) is 0 Å². The zero-order valence-corrected chi connectivity index (χ0v) is 12.7. The van der Waals surface area contributed by atoms with Crippen LogP contribution >= 0.6 is 0 Å². The zero-order valence-electron chi connectivity index (χ0n) is 12.7. The van der Waals surface area contributed by atoms with Gasteiger partial charge in [-0.3, -0.25) is 9.36 Å². The van der Waals surface area contributed by atoms with Crippen molar-refractivity contribution < 1.29 is 9.84 Å². The monoisotopic (exact) mass is 303 g/mol. The molecule has 0 amide bonds. The molecule has 6 heteroatoms. The van der Waals surface area contributed by atoms with Crippen molar-refractivity contribution in [2.75, 3.05) is 26.7 Å². The molecule has 1 aromatic carbocycles. The molecular formula is C16H21N3O3. The first-order valence-electron chi connectivity index (χ1n) is 7.61. The summed E-state index contributed by atoms with van der Waals surface area (Å²) >= 11 is 0. The van der Waals surface area contributed by atoms with Crippen molar-refractivity contribution in [3.05, 3.63) is 34.9 Å². The summed E-state index contributed by atoms with van der Waals surface area (Å²) in [7, 11) is 1.57. The van der Waals surface area contributed by atoms with Crippen LogP contribution in [0.1, 0.15) is 12.8 Å². The lowest BCUT2D eigenvalue weighted by atomic mass is 10.2. The lowest BCUT2D eigenvalue weighted by Crippen LogP contribution is -2.35. The number of aliphatic hydroxyl groups excluding tert-OH is 1. The molecule has 1 aliphatic rings. The number of aromatic nitrogens is 2. The van der Waals surface area contributed by atoms with E-state index < -0.39 is 6.10 Å². The van der Waals surface area contributed by atoms with Gasteiger partial charge in [0, 0.05) is 6.54 Å². The fourth-order valence-electron chi connectivity index (χ4n) is 2.94. The lowest BCUT2D eigenvalue weighted by Gasteiger charge is -2.20. The molecule has 0 saturated carbocycles. The Morgan fingerprint density at radius 3 is 2.82 bits per heavy atom. The average molecular weight is 303 g/mol. The molecule has 1 aromatic heterocycles. The zero-order chi connectivity index (χ0) is 15.5. The van der Waals surface area contributed by atoms with E-state index in [9.17, 15) is 9.90 Å². The molecule has 1 aliphatic heterocycles. The molecule has 0 aliphatic carbocycles. The highest BCUT2D eigenvalue weighted by atomic mass is 16.5. The number of nitrogens with zero attached hydrogens (tertiary/aromatic N) is 3. The van der Waals surface area contributed by atoms with Gasteiger partial charge < -0.3 is 14.7 Å². The Morgan fingerprint density at radius 1 is 1.32 bits per heavy atom. The van der Waals surface area contributed by atoms with E-state index in [-0.39, 0.29) is 12.1 Å². The molecule has 1 fully saturated rings. The van der Waals surface area contributed by atoms with E-state index in [0.717, 1.165) is 13.1 Å². The van der Waals surface area contributed by atoms with E-state index in [1.54, 1.807) is 25.3 Å². The molecule has 22 heavy (non-hydrogen) atoms. The van der Waals surface area contributed by atoms with Crippen molar-refractivity contribution in [3.63, 3.8) is 0 Å². The van der Waals surface area contributed by atoms with Crippen LogP contribution < -0.4 is 10.3 Å². The van der Waals surface area contributed by atoms with E-state index in [1.807, 2.05) is 0 Å². The summed E-state index contributed by atoms with van der Waals surface area (Å²) in [5.41, 5.74) is 0.487. The van der Waals surface area contributed by atoms with Crippen LogP contribution in [-0.4, -0.2) is 52.4 Å². The lowest BCUT2D eigenvalue weighted by molar-refractivity contribution is 0.108. The van der Waals surface area contributed by atoms with Crippen LogP contribution in [0.4, 0.5) is 0 Å². The predicted molar refractivity (Wildman–Crippen MR) is 84.2 cm³/mol. The molecule has 0 unspecified atom stereocenters. The molecule has 0 radical (unpaired) electrons. The number of aliphatic hydroxyl groups is 1. The molecule has 0 bridgehead atoms.